The van der Waals surface area contributed by atoms with Crippen LogP contribution in [0.3, 0.4) is 0 Å². The summed E-state index contributed by atoms with van der Waals surface area (Å²) in [5, 5.41) is 10.9. The van der Waals surface area contributed by atoms with Crippen molar-refractivity contribution < 1.29 is 18.1 Å². The smallest absolute Gasteiger partial charge is 0.270 e. The van der Waals surface area contributed by atoms with Gasteiger partial charge in [-0.1, -0.05) is 0 Å². The lowest BCUT2D eigenvalue weighted by molar-refractivity contribution is -0.385. The summed E-state index contributed by atoms with van der Waals surface area (Å²) < 4.78 is 26.2. The Balaban J connectivity index is 1.28. The molecule has 1 amide bonds. The van der Waals surface area contributed by atoms with Crippen molar-refractivity contribution in [3.63, 3.8) is 0 Å². The summed E-state index contributed by atoms with van der Waals surface area (Å²) in [4.78, 5) is 35.4. The number of amides is 1. The minimum absolute atomic E-state index is 0.00940. The van der Waals surface area contributed by atoms with E-state index in [1.807, 2.05) is 0 Å². The summed E-state index contributed by atoms with van der Waals surface area (Å²) in [6, 6.07) is 5.10. The minimum atomic E-state index is -4.05. The van der Waals surface area contributed by atoms with E-state index in [-0.39, 0.29) is 22.7 Å². The maximum absolute atomic E-state index is 12.7. The maximum atomic E-state index is 12.7. The first-order valence-corrected chi connectivity index (χ1v) is 11.4. The zero-order chi connectivity index (χ0) is 22.0. The zero-order valence-electron chi connectivity index (χ0n) is 16.8. The van der Waals surface area contributed by atoms with E-state index in [1.54, 1.807) is 18.5 Å². The van der Waals surface area contributed by atoms with E-state index in [4.69, 9.17) is 0 Å². The number of unbranched alkanes of at least 4 members (excludes halogenated alkanes) is 1. The van der Waals surface area contributed by atoms with Crippen molar-refractivity contribution in [3.05, 3.63) is 52.3 Å². The van der Waals surface area contributed by atoms with E-state index in [0.29, 0.717) is 6.42 Å². The van der Waals surface area contributed by atoms with Gasteiger partial charge in [0, 0.05) is 57.3 Å². The van der Waals surface area contributed by atoms with Gasteiger partial charge in [0.15, 0.2) is 0 Å². The van der Waals surface area contributed by atoms with Crippen molar-refractivity contribution in [1.29, 1.82) is 0 Å². The summed E-state index contributed by atoms with van der Waals surface area (Å²) in [5.74, 6) is 0.0982. The van der Waals surface area contributed by atoms with E-state index < -0.39 is 20.9 Å². The summed E-state index contributed by atoms with van der Waals surface area (Å²) in [6.45, 7) is 4.20. The molecule has 2 aromatic rings. The van der Waals surface area contributed by atoms with E-state index >= 15 is 0 Å². The number of fused-ring (bicyclic) bond motifs is 1. The third-order valence-corrected chi connectivity index (χ3v) is 7.32. The van der Waals surface area contributed by atoms with Crippen LogP contribution in [0.5, 0.6) is 0 Å². The molecule has 0 atom stereocenters. The predicted molar refractivity (Wildman–Crippen MR) is 111 cm³/mol. The molecule has 1 aromatic carbocycles. The van der Waals surface area contributed by atoms with Crippen LogP contribution in [0.1, 0.15) is 23.2 Å². The van der Waals surface area contributed by atoms with E-state index in [9.17, 15) is 23.3 Å². The van der Waals surface area contributed by atoms with Crippen LogP contribution < -0.4 is 4.90 Å². The first kappa shape index (κ1) is 21.1. The normalized spacial score (nSPS) is 18.3. The molecule has 0 bridgehead atoms. The van der Waals surface area contributed by atoms with Gasteiger partial charge in [-0.3, -0.25) is 19.8 Å². The molecule has 164 valence electrons. The van der Waals surface area contributed by atoms with Gasteiger partial charge in [0.2, 0.25) is 5.95 Å². The number of sulfonamides is 1. The Morgan fingerprint density at radius 2 is 1.71 bits per heavy atom. The van der Waals surface area contributed by atoms with E-state index in [1.165, 1.54) is 6.07 Å². The monoisotopic (exact) mass is 446 g/mol. The summed E-state index contributed by atoms with van der Waals surface area (Å²) in [5.41, 5.74) is -0.359. The number of aromatic nitrogens is 2. The lowest BCUT2D eigenvalue weighted by atomic mass is 10.2. The van der Waals surface area contributed by atoms with E-state index in [2.05, 4.69) is 19.8 Å². The number of anilines is 1. The lowest BCUT2D eigenvalue weighted by Crippen LogP contribution is -2.47. The number of nitro benzene ring substituents is 1. The summed E-state index contributed by atoms with van der Waals surface area (Å²) in [7, 11) is -4.05. The van der Waals surface area contributed by atoms with Crippen LogP contribution in [0, 0.1) is 10.1 Å². The molecule has 0 N–H and O–H groups in total. The molecule has 4 rings (SSSR count). The second-order valence-electron chi connectivity index (χ2n) is 7.40. The Kier molecular flexibility index (Phi) is 5.83. The molecule has 11 nitrogen and oxygen atoms in total. The van der Waals surface area contributed by atoms with Gasteiger partial charge in [0.05, 0.1) is 10.5 Å². The van der Waals surface area contributed by atoms with Crippen molar-refractivity contribution in [2.24, 2.45) is 0 Å². The minimum Gasteiger partial charge on any atom is -0.338 e. The van der Waals surface area contributed by atoms with Crippen LogP contribution in [-0.2, 0) is 10.0 Å². The van der Waals surface area contributed by atoms with Gasteiger partial charge in [0.1, 0.15) is 4.90 Å². The first-order chi connectivity index (χ1) is 14.9. The highest BCUT2D eigenvalue weighted by Crippen LogP contribution is 2.33. The Morgan fingerprint density at radius 3 is 2.39 bits per heavy atom. The fourth-order valence-corrected chi connectivity index (χ4v) is 5.44. The number of benzene rings is 1. The Labute approximate surface area is 179 Å². The van der Waals surface area contributed by atoms with Gasteiger partial charge >= 0.3 is 0 Å². The second-order valence-corrected chi connectivity index (χ2v) is 9.24. The van der Waals surface area contributed by atoms with Crippen LogP contribution in [0.15, 0.2) is 41.6 Å². The highest BCUT2D eigenvalue weighted by atomic mass is 32.2. The average Bonchev–Trinajstić information content (AvgIpc) is 2.97. The number of carbonyl (C=O) groups is 1. The molecule has 1 aromatic heterocycles. The third-order valence-electron chi connectivity index (χ3n) is 5.49. The van der Waals surface area contributed by atoms with Gasteiger partial charge in [0.25, 0.3) is 21.6 Å². The number of nitro groups is 1. The van der Waals surface area contributed by atoms with Crippen LogP contribution in [0.4, 0.5) is 11.6 Å². The number of hydrogen-bond donors (Lipinski definition) is 0. The molecule has 12 heteroatoms. The molecule has 0 spiro atoms. The SMILES string of the molecule is O=C1c2ccc([N+](=O)[O-])cc2S(=O)(=O)N1CCCCN1CCN(c2ncccn2)CC1. The zero-order valence-corrected chi connectivity index (χ0v) is 17.6. The molecular formula is C19H22N6O5S. The molecule has 0 radical (unpaired) electrons. The van der Waals surface area contributed by atoms with Gasteiger partial charge in [-0.25, -0.2) is 22.7 Å². The number of hydrogen-bond acceptors (Lipinski definition) is 9. The molecule has 0 aliphatic carbocycles. The average molecular weight is 446 g/mol. The number of non-ortho nitro benzene ring substituents is 1. The number of piperazine rings is 1. The van der Waals surface area contributed by atoms with Crippen LogP contribution in [0.25, 0.3) is 0 Å². The maximum Gasteiger partial charge on any atom is 0.270 e. The van der Waals surface area contributed by atoms with Gasteiger partial charge in [-0.05, 0) is 31.5 Å². The molecule has 3 heterocycles. The molecule has 0 unspecified atom stereocenters. The van der Waals surface area contributed by atoms with Gasteiger partial charge in [-0.15, -0.1) is 0 Å². The Bertz CT molecular complexity index is 1090. The Hall–Kier alpha value is -3.12. The molecule has 31 heavy (non-hydrogen) atoms. The van der Waals surface area contributed by atoms with Crippen molar-refractivity contribution >= 4 is 27.6 Å². The highest BCUT2D eigenvalue weighted by molar-refractivity contribution is 7.90. The van der Waals surface area contributed by atoms with E-state index in [0.717, 1.165) is 61.5 Å². The Morgan fingerprint density at radius 1 is 1.03 bits per heavy atom. The van der Waals surface area contributed by atoms with Crippen molar-refractivity contribution in [2.45, 2.75) is 17.7 Å². The summed E-state index contributed by atoms with van der Waals surface area (Å²) in [6.07, 6.45) is 4.69. The fourth-order valence-electron chi connectivity index (χ4n) is 3.82. The standard InChI is InChI=1S/C19H22N6O5S/c26-18-16-5-4-15(25(27)28)14-17(16)31(29,30)24(18)9-2-1-8-22-10-12-23(13-11-22)19-20-6-3-7-21-19/h3-7,14H,1-2,8-13H2. The predicted octanol–water partition coefficient (Wildman–Crippen LogP) is 1.13. The fraction of sp³-hybridized carbons (Fsp3) is 0.421. The quantitative estimate of drug-likeness (QED) is 0.349. The molecular weight excluding hydrogens is 424 g/mol. The first-order valence-electron chi connectivity index (χ1n) is 9.98. The molecule has 0 saturated carbocycles. The van der Waals surface area contributed by atoms with Crippen molar-refractivity contribution in [1.82, 2.24) is 19.2 Å². The van der Waals surface area contributed by atoms with Gasteiger partial charge in [-0.2, -0.15) is 0 Å². The number of rotatable bonds is 7. The number of carbonyl (C=O) groups excluding carboxylic acids is 1. The molecule has 2 aliphatic rings. The molecule has 2 aliphatic heterocycles. The second kappa shape index (κ2) is 8.55. The highest BCUT2D eigenvalue weighted by Gasteiger charge is 2.41. The molecule has 1 fully saturated rings. The lowest BCUT2D eigenvalue weighted by Gasteiger charge is -2.34. The third kappa shape index (κ3) is 4.21. The largest absolute Gasteiger partial charge is 0.338 e. The van der Waals surface area contributed by atoms with Crippen LogP contribution in [0.2, 0.25) is 0 Å². The topological polar surface area (TPSA) is 130 Å². The number of nitrogens with zero attached hydrogens (tertiary/aromatic N) is 6. The van der Waals surface area contributed by atoms with Crippen molar-refractivity contribution in [2.75, 3.05) is 44.2 Å². The van der Waals surface area contributed by atoms with Gasteiger partial charge < -0.3 is 4.90 Å². The van der Waals surface area contributed by atoms with Crippen LogP contribution in [-0.4, -0.2) is 77.7 Å². The summed E-state index contributed by atoms with van der Waals surface area (Å²) >= 11 is 0. The van der Waals surface area contributed by atoms with Crippen molar-refractivity contribution in [3.8, 4) is 0 Å². The molecule has 1 saturated heterocycles. The van der Waals surface area contributed by atoms with Crippen LogP contribution >= 0.6 is 0 Å².